The van der Waals surface area contributed by atoms with Crippen LogP contribution in [0, 0.1) is 11.8 Å². The molecule has 2 aromatic rings. The van der Waals surface area contributed by atoms with Gasteiger partial charge < -0.3 is 0 Å². The van der Waals surface area contributed by atoms with Gasteiger partial charge in [-0.1, -0.05) is 80.6 Å². The maximum absolute atomic E-state index is 12.2. The highest BCUT2D eigenvalue weighted by Crippen LogP contribution is 2.49. The summed E-state index contributed by atoms with van der Waals surface area (Å²) >= 11 is 0. The zero-order valence-electron chi connectivity index (χ0n) is 19.1. The van der Waals surface area contributed by atoms with Crippen molar-refractivity contribution in [2.75, 3.05) is 14.1 Å². The van der Waals surface area contributed by atoms with Crippen molar-refractivity contribution in [2.24, 2.45) is 11.8 Å². The van der Waals surface area contributed by atoms with Crippen LogP contribution in [0.3, 0.4) is 0 Å². The molecule has 2 aliphatic rings. The van der Waals surface area contributed by atoms with E-state index in [1.54, 1.807) is 11.8 Å². The maximum atomic E-state index is 12.2. The van der Waals surface area contributed by atoms with E-state index in [1.165, 1.54) is 16.7 Å². The number of carbonyl (C=O) groups is 1. The van der Waals surface area contributed by atoms with Gasteiger partial charge in [-0.2, -0.15) is 0 Å². The second-order valence-electron chi connectivity index (χ2n) is 9.08. The van der Waals surface area contributed by atoms with Crippen LogP contribution >= 0.6 is 0 Å². The van der Waals surface area contributed by atoms with Crippen LogP contribution in [0.5, 0.6) is 0 Å². The number of amides is 1. The molecule has 162 valence electrons. The molecule has 0 aliphatic carbocycles. The van der Waals surface area contributed by atoms with Crippen molar-refractivity contribution in [3.8, 4) is 0 Å². The lowest BCUT2D eigenvalue weighted by Gasteiger charge is -2.37. The molecule has 0 radical (unpaired) electrons. The first-order valence-corrected chi connectivity index (χ1v) is 11.1. The number of rotatable bonds is 4. The molecule has 4 heteroatoms. The number of likely N-dealkylation sites (N-methyl/N-ethyl adjacent to an activating group) is 2. The van der Waals surface area contributed by atoms with E-state index in [0.717, 1.165) is 0 Å². The molecular weight excluding hydrogens is 382 g/mol. The summed E-state index contributed by atoms with van der Waals surface area (Å²) in [5, 5.41) is 0. The predicted molar refractivity (Wildman–Crippen MR) is 126 cm³/mol. The van der Waals surface area contributed by atoms with Crippen molar-refractivity contribution in [3.63, 3.8) is 0 Å². The minimum absolute atomic E-state index is 0.0403. The average Bonchev–Trinajstić information content (AvgIpc) is 3.04. The fourth-order valence-corrected chi connectivity index (χ4v) is 5.27. The summed E-state index contributed by atoms with van der Waals surface area (Å²) in [4.78, 5) is 18.9. The smallest absolute Gasteiger partial charge is 0.227 e. The van der Waals surface area contributed by atoms with Gasteiger partial charge in [0.05, 0.1) is 18.2 Å². The van der Waals surface area contributed by atoms with Gasteiger partial charge >= 0.3 is 0 Å². The molecule has 0 spiro atoms. The highest BCUT2D eigenvalue weighted by atomic mass is 16.2. The van der Waals surface area contributed by atoms with Crippen LogP contribution in [0.15, 0.2) is 84.7 Å². The molecule has 2 aromatic carbocycles. The van der Waals surface area contributed by atoms with Gasteiger partial charge in [0.15, 0.2) is 0 Å². The highest BCUT2D eigenvalue weighted by molar-refractivity contribution is 5.76. The zero-order chi connectivity index (χ0) is 22.1. The fourth-order valence-electron chi connectivity index (χ4n) is 5.27. The molecule has 0 aromatic heterocycles. The lowest BCUT2D eigenvalue weighted by Crippen LogP contribution is -2.41. The van der Waals surface area contributed by atoms with E-state index in [0.29, 0.717) is 5.92 Å². The third-order valence-electron chi connectivity index (χ3n) is 6.74. The van der Waals surface area contributed by atoms with E-state index >= 15 is 0 Å². The van der Waals surface area contributed by atoms with E-state index in [4.69, 9.17) is 0 Å². The molecule has 2 heterocycles. The van der Waals surface area contributed by atoms with Crippen LogP contribution < -0.4 is 0 Å². The molecule has 0 N–H and O–H groups in total. The normalized spacial score (nSPS) is 25.3. The van der Waals surface area contributed by atoms with Crippen LogP contribution in [0.1, 0.15) is 44.0 Å². The number of nitrogens with zero attached hydrogens (tertiary/aromatic N) is 3. The van der Waals surface area contributed by atoms with Crippen LogP contribution in [-0.4, -0.2) is 40.9 Å². The van der Waals surface area contributed by atoms with Crippen LogP contribution in [0.4, 0.5) is 0 Å². The Morgan fingerprint density at radius 3 is 1.74 bits per heavy atom. The summed E-state index contributed by atoms with van der Waals surface area (Å²) in [6, 6.07) is 22.0. The van der Waals surface area contributed by atoms with E-state index < -0.39 is 0 Å². The summed E-state index contributed by atoms with van der Waals surface area (Å²) in [5.41, 5.74) is 3.89. The first-order valence-electron chi connectivity index (χ1n) is 11.1. The van der Waals surface area contributed by atoms with E-state index in [1.807, 2.05) is 6.20 Å². The highest BCUT2D eigenvalue weighted by Gasteiger charge is 2.47. The molecule has 0 unspecified atom stereocenters. The second-order valence-corrected chi connectivity index (χ2v) is 9.08. The average molecular weight is 416 g/mol. The molecule has 31 heavy (non-hydrogen) atoms. The van der Waals surface area contributed by atoms with Crippen LogP contribution in [0.25, 0.3) is 0 Å². The zero-order valence-corrected chi connectivity index (χ0v) is 19.1. The summed E-state index contributed by atoms with van der Waals surface area (Å²) in [6.07, 6.45) is 6.28. The Balaban J connectivity index is 1.82. The molecule has 2 aliphatic heterocycles. The van der Waals surface area contributed by atoms with Crippen molar-refractivity contribution in [2.45, 2.75) is 39.0 Å². The first-order chi connectivity index (χ1) is 14.9. The van der Waals surface area contributed by atoms with Crippen molar-refractivity contribution in [1.82, 2.24) is 14.7 Å². The van der Waals surface area contributed by atoms with Gasteiger partial charge in [-0.15, -0.1) is 0 Å². The minimum atomic E-state index is 0.0403. The summed E-state index contributed by atoms with van der Waals surface area (Å²) in [5.74, 6) is 0.777. The number of allylic oxidation sites excluding steroid dienone is 1. The maximum Gasteiger partial charge on any atom is 0.227 e. The van der Waals surface area contributed by atoms with E-state index in [-0.39, 0.29) is 30.1 Å². The fraction of sp³-hybridized carbons (Fsp3) is 0.370. The molecule has 1 saturated heterocycles. The Labute approximate surface area is 186 Å². The minimum Gasteiger partial charge on any atom is -0.295 e. The molecule has 1 amide bonds. The summed E-state index contributed by atoms with van der Waals surface area (Å²) in [7, 11) is 4.44. The lowest BCUT2D eigenvalue weighted by atomic mass is 9.85. The molecule has 0 saturated carbocycles. The molecule has 1 fully saturated rings. The lowest BCUT2D eigenvalue weighted by molar-refractivity contribution is -0.124. The third-order valence-corrected chi connectivity index (χ3v) is 6.74. The van der Waals surface area contributed by atoms with Crippen LogP contribution in [-0.2, 0) is 4.79 Å². The van der Waals surface area contributed by atoms with Gasteiger partial charge in [-0.05, 0) is 36.7 Å². The van der Waals surface area contributed by atoms with Gasteiger partial charge in [0, 0.05) is 25.2 Å². The van der Waals surface area contributed by atoms with Crippen molar-refractivity contribution in [1.29, 1.82) is 0 Å². The standard InChI is InChI=1S/C27H33N3O/c1-19(2)23-16-17-30(20(3)31)18-24(23)27-28(4)25(21-12-8-6-9-13-21)26(29(27)5)22-14-10-7-11-15-22/h6-19,23,25-27H,1-5H3/t23-,25+,26+/m1/s1. The van der Waals surface area contributed by atoms with Gasteiger partial charge in [-0.25, -0.2) is 0 Å². The van der Waals surface area contributed by atoms with Crippen molar-refractivity contribution in [3.05, 3.63) is 95.8 Å². The van der Waals surface area contributed by atoms with E-state index in [2.05, 4.69) is 111 Å². The Kier molecular flexibility index (Phi) is 6.12. The Hall–Kier alpha value is -2.69. The Morgan fingerprint density at radius 1 is 0.839 bits per heavy atom. The molecule has 4 nitrogen and oxygen atoms in total. The predicted octanol–water partition coefficient (Wildman–Crippen LogP) is 5.20. The number of benzene rings is 2. The number of carbonyl (C=O) groups excluding carboxylic acids is 1. The molecule has 3 atom stereocenters. The summed E-state index contributed by atoms with van der Waals surface area (Å²) < 4.78 is 0. The van der Waals surface area contributed by atoms with Gasteiger partial charge in [0.2, 0.25) is 5.91 Å². The first kappa shape index (κ1) is 21.5. The number of hydrogen-bond acceptors (Lipinski definition) is 3. The molecule has 0 bridgehead atoms. The molecular formula is C27H33N3O. The Bertz CT molecular complexity index is 915. The van der Waals surface area contributed by atoms with Crippen LogP contribution in [0.2, 0.25) is 0 Å². The second kappa shape index (κ2) is 8.81. The van der Waals surface area contributed by atoms with Gasteiger partial charge in [0.1, 0.15) is 0 Å². The third kappa shape index (κ3) is 3.98. The van der Waals surface area contributed by atoms with Gasteiger partial charge in [0.25, 0.3) is 0 Å². The largest absolute Gasteiger partial charge is 0.295 e. The van der Waals surface area contributed by atoms with Crippen molar-refractivity contribution < 1.29 is 4.79 Å². The topological polar surface area (TPSA) is 26.8 Å². The number of hydrogen-bond donors (Lipinski definition) is 0. The van der Waals surface area contributed by atoms with E-state index in [9.17, 15) is 4.79 Å². The van der Waals surface area contributed by atoms with Gasteiger partial charge in [-0.3, -0.25) is 19.5 Å². The SMILES string of the molecule is CC(=O)N1C=C[C@H](C(C)C)C(C2N(C)[C@@H](c3ccccc3)[C@H](c3ccccc3)N2C)=C1. The van der Waals surface area contributed by atoms with Crippen molar-refractivity contribution >= 4 is 5.91 Å². The quantitative estimate of drug-likeness (QED) is 0.686. The monoisotopic (exact) mass is 415 g/mol. The summed E-state index contributed by atoms with van der Waals surface area (Å²) in [6.45, 7) is 6.13. The molecule has 4 rings (SSSR count). The Morgan fingerprint density at radius 2 is 1.32 bits per heavy atom.